The van der Waals surface area contributed by atoms with Crippen LogP contribution >= 0.6 is 39.5 Å². The van der Waals surface area contributed by atoms with E-state index in [9.17, 15) is 0 Å². The molecule has 0 N–H and O–H groups in total. The quantitative estimate of drug-likeness (QED) is 0.161. The van der Waals surface area contributed by atoms with Crippen molar-refractivity contribution >= 4 is 73.6 Å². The molecular formula is C46H47BrN2O4S2. The number of hydrogen-bond donors (Lipinski definition) is 0. The molecule has 2 fully saturated rings. The van der Waals surface area contributed by atoms with Gasteiger partial charge in [0.1, 0.15) is 0 Å². The zero-order valence-electron chi connectivity index (χ0n) is 31.5. The summed E-state index contributed by atoms with van der Waals surface area (Å²) < 4.78 is 6.34. The van der Waals surface area contributed by atoms with E-state index in [1.165, 1.54) is 123 Å². The van der Waals surface area contributed by atoms with Crippen molar-refractivity contribution in [2.24, 2.45) is 0 Å². The maximum atomic E-state index is 8.12. The van der Waals surface area contributed by atoms with E-state index in [0.717, 1.165) is 17.7 Å². The number of halogens is 1. The Bertz CT molecular complexity index is 2280. The van der Waals surface area contributed by atoms with Gasteiger partial charge in [0.05, 0.1) is 27.6 Å². The Morgan fingerprint density at radius 1 is 0.673 bits per heavy atom. The summed E-state index contributed by atoms with van der Waals surface area (Å²) >= 11 is 7.85. The fourth-order valence-electron chi connectivity index (χ4n) is 8.65. The Balaban J connectivity index is 0.000000164. The first-order valence-electron chi connectivity index (χ1n) is 19.2. The van der Waals surface area contributed by atoms with Crippen LogP contribution in [0.5, 0.6) is 0 Å². The molecule has 9 rings (SSSR count). The molecule has 3 aliphatic rings. The summed E-state index contributed by atoms with van der Waals surface area (Å²) in [6.45, 7) is 4.40. The molecule has 1 aliphatic heterocycles. The number of fused-ring (bicyclic) bond motifs is 6. The highest BCUT2D eigenvalue weighted by Gasteiger charge is 2.29. The van der Waals surface area contributed by atoms with Gasteiger partial charge in [-0.15, -0.1) is 23.5 Å². The number of nitrogens with zero attached hydrogens (tertiary/aromatic N) is 2. The molecule has 6 aromatic rings. The Morgan fingerprint density at radius 3 is 1.82 bits per heavy atom. The van der Waals surface area contributed by atoms with E-state index in [-0.39, 0.29) is 12.3 Å². The molecule has 0 spiro atoms. The molecular weight excluding hydrogens is 789 g/mol. The van der Waals surface area contributed by atoms with Crippen molar-refractivity contribution in [2.75, 3.05) is 0 Å². The van der Waals surface area contributed by atoms with Crippen LogP contribution in [-0.2, 0) is 30.9 Å². The second-order valence-corrected chi connectivity index (χ2v) is 17.3. The normalized spacial score (nSPS) is 15.2. The standard InChI is InChI=1S/C22H24BrNS.C22H23NS.2CO2/c1-16-12-13-19-20(14-16)24(15-25-18-10-6-3-7-11-18)22(23)21(19)17-8-4-2-5-9-17;1-15-11-12-17-19(13-15)23-14-24-20-10-6-5-9-18(20)22(23)21(17)16-7-3-2-4-8-16;2*2-1-3/h3,6-7,10-14,17H,2,4-5,8-9,15H2,1H3;5-6,9-13,16H,2-4,7-8,14H2,1H3;;. The van der Waals surface area contributed by atoms with Gasteiger partial charge in [-0.1, -0.05) is 99.2 Å². The minimum Gasteiger partial charge on any atom is -0.330 e. The summed E-state index contributed by atoms with van der Waals surface area (Å²) in [7, 11) is 0. The average Bonchev–Trinajstić information content (AvgIpc) is 3.69. The summed E-state index contributed by atoms with van der Waals surface area (Å²) in [5, 5.41) is 2.94. The lowest BCUT2D eigenvalue weighted by Gasteiger charge is -2.26. The average molecular weight is 836 g/mol. The van der Waals surface area contributed by atoms with Crippen LogP contribution in [0.1, 0.15) is 98.3 Å². The third kappa shape index (κ3) is 9.31. The monoisotopic (exact) mass is 834 g/mol. The van der Waals surface area contributed by atoms with Crippen molar-refractivity contribution in [1.82, 2.24) is 9.13 Å². The highest BCUT2D eigenvalue weighted by Crippen LogP contribution is 2.49. The Kier molecular flexibility index (Phi) is 14.5. The van der Waals surface area contributed by atoms with Crippen molar-refractivity contribution < 1.29 is 19.2 Å². The molecule has 4 aromatic carbocycles. The van der Waals surface area contributed by atoms with Gasteiger partial charge in [-0.05, 0) is 120 Å². The van der Waals surface area contributed by atoms with Gasteiger partial charge in [-0.25, -0.2) is 0 Å². The molecule has 284 valence electrons. The Labute approximate surface area is 340 Å². The lowest BCUT2D eigenvalue weighted by Crippen LogP contribution is -2.09. The number of hydrogen-bond acceptors (Lipinski definition) is 6. The van der Waals surface area contributed by atoms with Crippen LogP contribution in [0.25, 0.3) is 33.1 Å². The predicted octanol–water partition coefficient (Wildman–Crippen LogP) is 13.1. The molecule has 0 saturated heterocycles. The van der Waals surface area contributed by atoms with Gasteiger partial charge < -0.3 is 9.13 Å². The predicted molar refractivity (Wildman–Crippen MR) is 226 cm³/mol. The number of carbonyl (C=O) groups excluding carboxylic acids is 4. The summed E-state index contributed by atoms with van der Waals surface area (Å²) in [4.78, 5) is 35.3. The molecule has 2 aliphatic carbocycles. The fourth-order valence-corrected chi connectivity index (χ4v) is 11.6. The molecule has 0 bridgehead atoms. The van der Waals surface area contributed by atoms with E-state index in [1.54, 1.807) is 11.1 Å². The molecule has 0 unspecified atom stereocenters. The zero-order chi connectivity index (χ0) is 38.7. The van der Waals surface area contributed by atoms with Gasteiger partial charge in [0.2, 0.25) is 0 Å². The Hall–Kier alpha value is -4.10. The van der Waals surface area contributed by atoms with E-state index < -0.39 is 0 Å². The number of thioether (sulfide) groups is 2. The van der Waals surface area contributed by atoms with Crippen molar-refractivity contribution in [1.29, 1.82) is 0 Å². The highest BCUT2D eigenvalue weighted by atomic mass is 79.9. The molecule has 0 atom stereocenters. The summed E-state index contributed by atoms with van der Waals surface area (Å²) in [6.07, 6.45) is 14.2. The molecule has 9 heteroatoms. The van der Waals surface area contributed by atoms with Gasteiger partial charge in [0.15, 0.2) is 0 Å². The van der Waals surface area contributed by atoms with E-state index in [1.807, 2.05) is 23.5 Å². The third-order valence-electron chi connectivity index (χ3n) is 11.1. The molecule has 2 saturated carbocycles. The van der Waals surface area contributed by atoms with Crippen molar-refractivity contribution in [3.05, 3.63) is 118 Å². The van der Waals surface area contributed by atoms with Crippen LogP contribution < -0.4 is 0 Å². The molecule has 3 heterocycles. The van der Waals surface area contributed by atoms with Gasteiger partial charge in [-0.2, -0.15) is 19.2 Å². The second kappa shape index (κ2) is 19.7. The van der Waals surface area contributed by atoms with Gasteiger partial charge >= 0.3 is 12.3 Å². The molecule has 2 aromatic heterocycles. The van der Waals surface area contributed by atoms with Crippen molar-refractivity contribution in [3.63, 3.8) is 0 Å². The first kappa shape index (κ1) is 40.6. The van der Waals surface area contributed by atoms with Crippen LogP contribution in [0.15, 0.2) is 105 Å². The molecule has 6 nitrogen and oxygen atoms in total. The van der Waals surface area contributed by atoms with Crippen LogP contribution in [0, 0.1) is 13.8 Å². The van der Waals surface area contributed by atoms with Gasteiger partial charge in [-0.3, -0.25) is 0 Å². The zero-order valence-corrected chi connectivity index (χ0v) is 34.7. The SMILES string of the molecule is Cc1ccc2c(C3CCCCC3)c(Br)n(CSc3ccccc3)c2c1.Cc1ccc2c(C3CCCCC3)c3n(c2c1)CSc1ccccc1-3.O=C=O.O=C=O. The van der Waals surface area contributed by atoms with Gasteiger partial charge in [0.25, 0.3) is 0 Å². The summed E-state index contributed by atoms with van der Waals surface area (Å²) in [5.41, 5.74) is 11.6. The molecule has 0 amide bonds. The Morgan fingerprint density at radius 2 is 1.20 bits per heavy atom. The minimum atomic E-state index is 0.250. The van der Waals surface area contributed by atoms with Crippen molar-refractivity contribution in [3.8, 4) is 11.3 Å². The minimum absolute atomic E-state index is 0.250. The van der Waals surface area contributed by atoms with Crippen molar-refractivity contribution in [2.45, 2.75) is 111 Å². The van der Waals surface area contributed by atoms with Crippen LogP contribution in [0.3, 0.4) is 0 Å². The first-order chi connectivity index (χ1) is 26.9. The second-order valence-electron chi connectivity index (χ2n) is 14.6. The number of rotatable bonds is 5. The van der Waals surface area contributed by atoms with Crippen LogP contribution in [0.4, 0.5) is 0 Å². The van der Waals surface area contributed by atoms with E-state index in [4.69, 9.17) is 19.2 Å². The highest BCUT2D eigenvalue weighted by molar-refractivity contribution is 9.10. The molecule has 55 heavy (non-hydrogen) atoms. The number of benzene rings is 4. The van der Waals surface area contributed by atoms with Crippen LogP contribution in [-0.4, -0.2) is 21.4 Å². The molecule has 0 radical (unpaired) electrons. The smallest absolute Gasteiger partial charge is 0.330 e. The lowest BCUT2D eigenvalue weighted by molar-refractivity contribution is -0.193. The first-order valence-corrected chi connectivity index (χ1v) is 22.0. The van der Waals surface area contributed by atoms with E-state index in [0.29, 0.717) is 5.92 Å². The van der Waals surface area contributed by atoms with E-state index in [2.05, 4.69) is 130 Å². The van der Waals surface area contributed by atoms with Crippen LogP contribution in [0.2, 0.25) is 0 Å². The summed E-state index contributed by atoms with van der Waals surface area (Å²) in [6, 6.07) is 33.7. The summed E-state index contributed by atoms with van der Waals surface area (Å²) in [5.74, 6) is 3.42. The topological polar surface area (TPSA) is 78.1 Å². The maximum absolute atomic E-state index is 8.12. The maximum Gasteiger partial charge on any atom is 0.373 e. The largest absolute Gasteiger partial charge is 0.373 e. The fraction of sp³-hybridized carbons (Fsp3) is 0.348. The third-order valence-corrected chi connectivity index (χ3v) is 14.0. The number of aryl methyl sites for hydroxylation is 2. The lowest BCUT2D eigenvalue weighted by atomic mass is 9.82. The van der Waals surface area contributed by atoms with Gasteiger partial charge in [0, 0.05) is 31.6 Å². The number of aromatic nitrogens is 2. The van der Waals surface area contributed by atoms with E-state index >= 15 is 0 Å².